The van der Waals surface area contributed by atoms with Crippen molar-refractivity contribution in [3.63, 3.8) is 0 Å². The minimum atomic E-state index is 0.739. The number of benzene rings is 2. The first kappa shape index (κ1) is 11.7. The van der Waals surface area contributed by atoms with Crippen molar-refractivity contribution in [3.05, 3.63) is 48.0 Å². The maximum absolute atomic E-state index is 2.38. The summed E-state index contributed by atoms with van der Waals surface area (Å²) in [6, 6.07) is 16.3. The molecule has 0 aliphatic heterocycles. The van der Waals surface area contributed by atoms with Crippen LogP contribution < -0.4 is 0 Å². The molecule has 0 radical (unpaired) electrons. The van der Waals surface area contributed by atoms with Gasteiger partial charge in [0.2, 0.25) is 0 Å². The van der Waals surface area contributed by atoms with E-state index in [1.165, 1.54) is 30.0 Å². The van der Waals surface area contributed by atoms with Gasteiger partial charge in [-0.3, -0.25) is 0 Å². The van der Waals surface area contributed by atoms with Crippen LogP contribution in [0.5, 0.6) is 0 Å². The molecule has 0 amide bonds. The Balaban J connectivity index is 1.96. The van der Waals surface area contributed by atoms with E-state index in [-0.39, 0.29) is 0 Å². The van der Waals surface area contributed by atoms with E-state index >= 15 is 0 Å². The van der Waals surface area contributed by atoms with E-state index in [9.17, 15) is 0 Å². The molecule has 1 nitrogen and oxygen atoms in total. The van der Waals surface area contributed by atoms with Crippen LogP contribution in [0.4, 0.5) is 0 Å². The SMILES string of the molecule is CN(C)C1CCC(c2cccc3ccccc23)C1. The smallest absolute Gasteiger partial charge is 0.00952 e. The van der Waals surface area contributed by atoms with Gasteiger partial charge in [0.05, 0.1) is 0 Å². The Morgan fingerprint density at radius 3 is 2.50 bits per heavy atom. The van der Waals surface area contributed by atoms with Gasteiger partial charge in [0.15, 0.2) is 0 Å². The van der Waals surface area contributed by atoms with Gasteiger partial charge >= 0.3 is 0 Å². The summed E-state index contributed by atoms with van der Waals surface area (Å²) >= 11 is 0. The molecule has 3 rings (SSSR count). The molecular weight excluding hydrogens is 218 g/mol. The Hall–Kier alpha value is -1.34. The first-order valence-electron chi connectivity index (χ1n) is 6.90. The summed E-state index contributed by atoms with van der Waals surface area (Å²) in [5.41, 5.74) is 1.55. The zero-order chi connectivity index (χ0) is 12.5. The Kier molecular flexibility index (Phi) is 3.09. The van der Waals surface area contributed by atoms with Gasteiger partial charge in [-0.25, -0.2) is 0 Å². The Morgan fingerprint density at radius 2 is 1.72 bits per heavy atom. The summed E-state index contributed by atoms with van der Waals surface area (Å²) in [7, 11) is 4.41. The third kappa shape index (κ3) is 2.04. The van der Waals surface area contributed by atoms with E-state index < -0.39 is 0 Å². The van der Waals surface area contributed by atoms with Gasteiger partial charge in [0.25, 0.3) is 0 Å². The molecule has 1 heteroatoms. The minimum Gasteiger partial charge on any atom is -0.306 e. The third-order valence-electron chi connectivity index (χ3n) is 4.40. The Labute approximate surface area is 109 Å². The van der Waals surface area contributed by atoms with Crippen LogP contribution in [0.3, 0.4) is 0 Å². The highest BCUT2D eigenvalue weighted by molar-refractivity contribution is 5.86. The van der Waals surface area contributed by atoms with Gasteiger partial charge < -0.3 is 4.90 Å². The van der Waals surface area contributed by atoms with Crippen LogP contribution in [0.15, 0.2) is 42.5 Å². The van der Waals surface area contributed by atoms with Crippen molar-refractivity contribution in [2.24, 2.45) is 0 Å². The minimum absolute atomic E-state index is 0.739. The zero-order valence-corrected chi connectivity index (χ0v) is 11.3. The molecule has 94 valence electrons. The second-order valence-corrected chi connectivity index (χ2v) is 5.70. The lowest BCUT2D eigenvalue weighted by atomic mass is 9.92. The summed E-state index contributed by atoms with van der Waals surface area (Å²) in [6.45, 7) is 0. The maximum atomic E-state index is 2.38. The van der Waals surface area contributed by atoms with Gasteiger partial charge in [-0.05, 0) is 55.6 Å². The van der Waals surface area contributed by atoms with Crippen molar-refractivity contribution in [3.8, 4) is 0 Å². The maximum Gasteiger partial charge on any atom is 0.00952 e. The lowest BCUT2D eigenvalue weighted by molar-refractivity contribution is 0.297. The number of rotatable bonds is 2. The standard InChI is InChI=1S/C17H21N/c1-18(2)15-11-10-14(12-15)17-9-5-7-13-6-3-4-8-16(13)17/h3-9,14-15H,10-12H2,1-2H3. The molecule has 2 aromatic rings. The van der Waals surface area contributed by atoms with Gasteiger partial charge in [0, 0.05) is 6.04 Å². The average Bonchev–Trinajstić information content (AvgIpc) is 2.87. The highest BCUT2D eigenvalue weighted by Crippen LogP contribution is 2.39. The molecule has 1 saturated carbocycles. The lowest BCUT2D eigenvalue weighted by Gasteiger charge is -2.19. The number of hydrogen-bond donors (Lipinski definition) is 0. The molecule has 1 fully saturated rings. The molecule has 1 aliphatic rings. The zero-order valence-electron chi connectivity index (χ0n) is 11.3. The predicted molar refractivity (Wildman–Crippen MR) is 78.0 cm³/mol. The van der Waals surface area contributed by atoms with E-state index in [0.29, 0.717) is 0 Å². The monoisotopic (exact) mass is 239 g/mol. The van der Waals surface area contributed by atoms with Crippen molar-refractivity contribution in [1.29, 1.82) is 0 Å². The van der Waals surface area contributed by atoms with Crippen LogP contribution in [0, 0.1) is 0 Å². The quantitative estimate of drug-likeness (QED) is 0.764. The number of hydrogen-bond acceptors (Lipinski definition) is 1. The summed E-state index contributed by atoms with van der Waals surface area (Å²) < 4.78 is 0. The lowest BCUT2D eigenvalue weighted by Crippen LogP contribution is -2.24. The van der Waals surface area contributed by atoms with Crippen molar-refractivity contribution in [2.75, 3.05) is 14.1 Å². The fourth-order valence-corrected chi connectivity index (χ4v) is 3.32. The molecule has 2 atom stereocenters. The molecule has 0 saturated heterocycles. The van der Waals surface area contributed by atoms with Crippen LogP contribution in [-0.4, -0.2) is 25.0 Å². The van der Waals surface area contributed by atoms with Crippen LogP contribution in [0.2, 0.25) is 0 Å². The highest BCUT2D eigenvalue weighted by atomic mass is 15.1. The van der Waals surface area contributed by atoms with Gasteiger partial charge in [-0.15, -0.1) is 0 Å². The highest BCUT2D eigenvalue weighted by Gasteiger charge is 2.27. The molecule has 0 N–H and O–H groups in total. The van der Waals surface area contributed by atoms with E-state index in [4.69, 9.17) is 0 Å². The fraction of sp³-hybridized carbons (Fsp3) is 0.412. The predicted octanol–water partition coefficient (Wildman–Crippen LogP) is 4.04. The molecule has 0 aromatic heterocycles. The van der Waals surface area contributed by atoms with Crippen LogP contribution in [0.1, 0.15) is 30.7 Å². The molecule has 0 spiro atoms. The van der Waals surface area contributed by atoms with E-state index in [0.717, 1.165) is 12.0 Å². The van der Waals surface area contributed by atoms with Crippen molar-refractivity contribution in [2.45, 2.75) is 31.2 Å². The van der Waals surface area contributed by atoms with Crippen molar-refractivity contribution < 1.29 is 0 Å². The van der Waals surface area contributed by atoms with Crippen LogP contribution in [0.25, 0.3) is 10.8 Å². The number of nitrogens with zero attached hydrogens (tertiary/aromatic N) is 1. The molecule has 0 bridgehead atoms. The largest absolute Gasteiger partial charge is 0.306 e. The molecule has 0 heterocycles. The topological polar surface area (TPSA) is 3.24 Å². The van der Waals surface area contributed by atoms with E-state index in [1.807, 2.05) is 0 Å². The number of fused-ring (bicyclic) bond motifs is 1. The second kappa shape index (κ2) is 4.74. The van der Waals surface area contributed by atoms with Crippen molar-refractivity contribution >= 4 is 10.8 Å². The molecule has 1 aliphatic carbocycles. The molecule has 18 heavy (non-hydrogen) atoms. The van der Waals surface area contributed by atoms with Gasteiger partial charge in [0.1, 0.15) is 0 Å². The second-order valence-electron chi connectivity index (χ2n) is 5.70. The molecule has 2 unspecified atom stereocenters. The Morgan fingerprint density at radius 1 is 0.944 bits per heavy atom. The first-order chi connectivity index (χ1) is 8.75. The first-order valence-corrected chi connectivity index (χ1v) is 6.90. The molecule has 2 aromatic carbocycles. The van der Waals surface area contributed by atoms with E-state index in [1.54, 1.807) is 5.56 Å². The van der Waals surface area contributed by atoms with Gasteiger partial charge in [-0.1, -0.05) is 42.5 Å². The fourth-order valence-electron chi connectivity index (χ4n) is 3.32. The average molecular weight is 239 g/mol. The summed E-state index contributed by atoms with van der Waals surface area (Å²) in [5.74, 6) is 0.739. The normalized spacial score (nSPS) is 23.9. The van der Waals surface area contributed by atoms with Crippen LogP contribution >= 0.6 is 0 Å². The summed E-state index contributed by atoms with van der Waals surface area (Å²) in [5, 5.41) is 2.83. The van der Waals surface area contributed by atoms with Crippen LogP contribution in [-0.2, 0) is 0 Å². The molecular formula is C17H21N. The van der Waals surface area contributed by atoms with Gasteiger partial charge in [-0.2, -0.15) is 0 Å². The Bertz CT molecular complexity index is 539. The summed E-state index contributed by atoms with van der Waals surface area (Å²) in [4.78, 5) is 2.38. The van der Waals surface area contributed by atoms with Crippen molar-refractivity contribution in [1.82, 2.24) is 4.90 Å². The van der Waals surface area contributed by atoms with E-state index in [2.05, 4.69) is 61.5 Å². The third-order valence-corrected chi connectivity index (χ3v) is 4.40. The summed E-state index contributed by atoms with van der Waals surface area (Å²) in [6.07, 6.45) is 3.97.